The number of nitrogen functional groups attached to an aromatic ring is 1. The minimum atomic E-state index is -4.73. The molecule has 1 aliphatic heterocycles. The number of aromatic nitrogens is 3. The molecule has 3 aromatic rings. The Morgan fingerprint density at radius 1 is 0.947 bits per heavy atom. The summed E-state index contributed by atoms with van der Waals surface area (Å²) in [5.74, 6) is -4.27. The Bertz CT molecular complexity index is 2030. The molecule has 2 aromatic heterocycles. The van der Waals surface area contributed by atoms with E-state index in [2.05, 4.69) is 21.2 Å². The summed E-state index contributed by atoms with van der Waals surface area (Å²) in [4.78, 5) is 57.1. The van der Waals surface area contributed by atoms with Gasteiger partial charge in [0.2, 0.25) is 5.60 Å². The highest BCUT2D eigenvalue weighted by atomic mass is 31.2. The van der Waals surface area contributed by atoms with Crippen molar-refractivity contribution in [2.75, 3.05) is 12.3 Å². The molecule has 306 valence electrons. The number of anilines is 1. The third-order valence-corrected chi connectivity index (χ3v) is 11.5. The molecule has 0 unspecified atom stereocenters. The molecule has 3 fully saturated rings. The number of carbonyl (C=O) groups is 4. The van der Waals surface area contributed by atoms with Crippen molar-refractivity contribution in [1.29, 1.82) is 5.26 Å². The van der Waals surface area contributed by atoms with E-state index in [1.165, 1.54) is 28.8 Å². The lowest BCUT2D eigenvalue weighted by molar-refractivity contribution is -0.173. The molecule has 2 saturated carbocycles. The molecule has 19 heteroatoms. The number of para-hydroxylation sites is 1. The van der Waals surface area contributed by atoms with Crippen molar-refractivity contribution in [1.82, 2.24) is 19.7 Å². The third kappa shape index (κ3) is 9.39. The summed E-state index contributed by atoms with van der Waals surface area (Å²) < 4.78 is 57.5. The zero-order chi connectivity index (χ0) is 40.9. The smallest absolute Gasteiger partial charge is 0.459 e. The van der Waals surface area contributed by atoms with Gasteiger partial charge in [0.1, 0.15) is 48.0 Å². The van der Waals surface area contributed by atoms with Crippen LogP contribution in [-0.4, -0.2) is 81.6 Å². The van der Waals surface area contributed by atoms with Gasteiger partial charge in [-0.15, -0.1) is 0 Å². The summed E-state index contributed by atoms with van der Waals surface area (Å²) in [5, 5.41) is 17.8. The number of benzene rings is 1. The fraction of sp³-hybridized carbons (Fsp3) is 0.553. The van der Waals surface area contributed by atoms with Crippen LogP contribution in [-0.2, 0) is 57.6 Å². The Morgan fingerprint density at radius 2 is 1.60 bits per heavy atom. The number of nitrogens with one attached hydrogen (secondary N) is 1. The highest BCUT2D eigenvalue weighted by Gasteiger charge is 2.63. The van der Waals surface area contributed by atoms with Gasteiger partial charge >= 0.3 is 31.6 Å². The molecule has 0 amide bonds. The van der Waals surface area contributed by atoms with Gasteiger partial charge in [-0.25, -0.2) is 14.1 Å². The summed E-state index contributed by atoms with van der Waals surface area (Å²) >= 11 is 0. The molecular weight excluding hydrogens is 763 g/mol. The van der Waals surface area contributed by atoms with E-state index in [4.69, 9.17) is 38.5 Å². The van der Waals surface area contributed by atoms with Gasteiger partial charge in [-0.2, -0.15) is 15.4 Å². The zero-order valence-electron chi connectivity index (χ0n) is 32.1. The summed E-state index contributed by atoms with van der Waals surface area (Å²) in [5.41, 5.74) is 4.23. The lowest BCUT2D eigenvalue weighted by Crippen LogP contribution is -2.47. The Kier molecular flexibility index (Phi) is 12.8. The molecular formula is C38H47N6O12P. The number of hydrogen-bond donors (Lipinski definition) is 2. The van der Waals surface area contributed by atoms with Crippen molar-refractivity contribution in [2.45, 2.75) is 115 Å². The van der Waals surface area contributed by atoms with E-state index >= 15 is 0 Å². The largest absolute Gasteiger partial charge is 0.462 e. The molecule has 6 rings (SSSR count). The van der Waals surface area contributed by atoms with Crippen LogP contribution in [0.4, 0.5) is 5.82 Å². The normalized spacial score (nSPS) is 23.8. The second kappa shape index (κ2) is 17.6. The van der Waals surface area contributed by atoms with E-state index in [0.29, 0.717) is 31.2 Å². The van der Waals surface area contributed by atoms with Crippen LogP contribution >= 0.6 is 7.75 Å². The van der Waals surface area contributed by atoms with Crippen molar-refractivity contribution in [2.24, 2.45) is 11.8 Å². The minimum absolute atomic E-state index is 0.0503. The van der Waals surface area contributed by atoms with Gasteiger partial charge in [0, 0.05) is 0 Å². The molecule has 2 aliphatic carbocycles. The second-order valence-corrected chi connectivity index (χ2v) is 16.5. The third-order valence-electron chi connectivity index (χ3n) is 9.90. The molecule has 1 saturated heterocycles. The first-order chi connectivity index (χ1) is 27.2. The number of carbonyl (C=O) groups excluding carboxylic acids is 4. The first-order valence-electron chi connectivity index (χ1n) is 19.0. The van der Waals surface area contributed by atoms with Gasteiger partial charge in [-0.05, 0) is 62.8 Å². The van der Waals surface area contributed by atoms with Crippen LogP contribution in [0.1, 0.15) is 78.3 Å². The number of fused-ring (bicyclic) bond motifs is 1. The summed E-state index contributed by atoms with van der Waals surface area (Å²) in [6, 6.07) is 11.5. The highest BCUT2D eigenvalue weighted by Crippen LogP contribution is 2.49. The fourth-order valence-corrected chi connectivity index (χ4v) is 7.71. The Labute approximate surface area is 329 Å². The van der Waals surface area contributed by atoms with Crippen LogP contribution < -0.4 is 15.3 Å². The van der Waals surface area contributed by atoms with Crippen molar-refractivity contribution < 1.29 is 56.5 Å². The van der Waals surface area contributed by atoms with Crippen LogP contribution in [0.2, 0.25) is 0 Å². The van der Waals surface area contributed by atoms with Crippen molar-refractivity contribution in [3.05, 3.63) is 54.5 Å². The lowest BCUT2D eigenvalue weighted by Gasteiger charge is -2.30. The summed E-state index contributed by atoms with van der Waals surface area (Å²) in [6.07, 6.45) is -0.277. The van der Waals surface area contributed by atoms with Gasteiger partial charge in [0.15, 0.2) is 18.0 Å². The topological polar surface area (TPSA) is 242 Å². The number of esters is 4. The summed E-state index contributed by atoms with van der Waals surface area (Å²) in [6.45, 7) is 5.60. The highest BCUT2D eigenvalue weighted by molar-refractivity contribution is 7.52. The van der Waals surface area contributed by atoms with Gasteiger partial charge < -0.3 is 33.9 Å². The Balaban J connectivity index is 1.37. The zero-order valence-corrected chi connectivity index (χ0v) is 33.0. The van der Waals surface area contributed by atoms with E-state index in [0.717, 1.165) is 19.2 Å². The van der Waals surface area contributed by atoms with E-state index in [1.54, 1.807) is 45.9 Å². The molecule has 57 heavy (non-hydrogen) atoms. The first kappa shape index (κ1) is 41.6. The number of ether oxygens (including phenoxy) is 5. The van der Waals surface area contributed by atoms with Gasteiger partial charge in [0.05, 0.1) is 30.6 Å². The number of nitrogens with zero attached hydrogens (tertiary/aromatic N) is 4. The van der Waals surface area contributed by atoms with Crippen molar-refractivity contribution in [3.63, 3.8) is 0 Å². The van der Waals surface area contributed by atoms with Gasteiger partial charge in [-0.1, -0.05) is 45.9 Å². The van der Waals surface area contributed by atoms with E-state index in [-0.39, 0.29) is 29.5 Å². The predicted molar refractivity (Wildman–Crippen MR) is 199 cm³/mol. The predicted octanol–water partition coefficient (Wildman–Crippen LogP) is 4.31. The molecule has 1 aromatic carbocycles. The SMILES string of the molecule is CC(C)C(=O)O[C@H]1[C@@H](OC(=O)C(C)C)[C@](C#N)(c2ccc3c(N)ncnn23)O[C@@H]1CO[P@](=O)(N[C@@H](CC(=O)OC1CCC1)C(=O)OC1CCC1)Oc1ccccc1. The molecule has 0 radical (unpaired) electrons. The average Bonchev–Trinajstić information content (AvgIpc) is 3.71. The molecule has 18 nitrogen and oxygen atoms in total. The first-order valence-corrected chi connectivity index (χ1v) is 20.5. The second-order valence-electron chi connectivity index (χ2n) is 14.8. The molecule has 3 heterocycles. The van der Waals surface area contributed by atoms with Crippen LogP contribution in [0.25, 0.3) is 5.52 Å². The van der Waals surface area contributed by atoms with Crippen LogP contribution in [0.15, 0.2) is 48.8 Å². The van der Waals surface area contributed by atoms with E-state index in [9.17, 15) is 29.0 Å². The number of rotatable bonds is 17. The Morgan fingerprint density at radius 3 is 2.21 bits per heavy atom. The van der Waals surface area contributed by atoms with Gasteiger partial charge in [-0.3, -0.25) is 23.7 Å². The average molecular weight is 811 g/mol. The maximum atomic E-state index is 14.9. The lowest BCUT2D eigenvalue weighted by atomic mass is 9.92. The minimum Gasteiger partial charge on any atom is -0.462 e. The molecule has 3 aliphatic rings. The number of nitrogens with two attached hydrogens (primary N) is 1. The molecule has 0 bridgehead atoms. The van der Waals surface area contributed by atoms with Crippen molar-refractivity contribution in [3.8, 4) is 11.8 Å². The molecule has 0 spiro atoms. The van der Waals surface area contributed by atoms with E-state index < -0.39 is 86.4 Å². The standard InChI is InChI=1S/C38H47N6O12P/c1-22(2)35(46)53-32-29(55-38(20-39,33(32)54-36(47)23(3)4)30-17-16-28-34(40)41-21-42-44(28)30)19-50-57(49,56-26-10-6-5-7-11-26)43-27(37(48)52-25-14-9-15-25)18-31(45)51-24-12-8-13-24/h5-7,10-11,16-17,21-25,27,29,32-33H,8-9,12-15,18-19H2,1-4H3,(H,43,49)(H2,40,41,42)/t27-,29+,32+,33+,38-,57+/m0/s1. The Hall–Kier alpha value is -5.08. The molecule has 6 atom stereocenters. The number of nitriles is 1. The quantitative estimate of drug-likeness (QED) is 0.110. The number of hydrogen-bond acceptors (Lipinski definition) is 16. The van der Waals surface area contributed by atoms with Gasteiger partial charge in [0.25, 0.3) is 0 Å². The summed E-state index contributed by atoms with van der Waals surface area (Å²) in [7, 11) is -4.73. The van der Waals surface area contributed by atoms with E-state index in [1.807, 2.05) is 0 Å². The maximum Gasteiger partial charge on any atom is 0.459 e. The van der Waals surface area contributed by atoms with Crippen LogP contribution in [0, 0.1) is 23.2 Å². The maximum absolute atomic E-state index is 14.9. The monoisotopic (exact) mass is 810 g/mol. The van der Waals surface area contributed by atoms with Crippen molar-refractivity contribution >= 4 is 43.0 Å². The van der Waals surface area contributed by atoms with Crippen LogP contribution in [0.3, 0.4) is 0 Å². The molecule has 3 N–H and O–H groups in total. The van der Waals surface area contributed by atoms with Crippen LogP contribution in [0.5, 0.6) is 5.75 Å². The fourth-order valence-electron chi connectivity index (χ4n) is 6.21.